The van der Waals surface area contributed by atoms with Crippen LogP contribution < -0.4 is 10.6 Å². The van der Waals surface area contributed by atoms with Crippen LogP contribution in [0.4, 0.5) is 0 Å². The molecule has 2 aliphatic carbocycles. The molecule has 9 rings (SSSR count). The van der Waals surface area contributed by atoms with E-state index in [1.54, 1.807) is 0 Å². The van der Waals surface area contributed by atoms with Gasteiger partial charge in [-0.25, -0.2) is 9.97 Å². The van der Waals surface area contributed by atoms with Crippen molar-refractivity contribution >= 4 is 34.6 Å². The van der Waals surface area contributed by atoms with Crippen molar-refractivity contribution in [3.05, 3.63) is 227 Å². The lowest BCUT2D eigenvalue weighted by atomic mass is 9.63. The van der Waals surface area contributed by atoms with Gasteiger partial charge in [0.15, 0.2) is 5.82 Å². The highest BCUT2D eigenvalue weighted by molar-refractivity contribution is 7.90. The first-order chi connectivity index (χ1) is 28.5. The smallest absolute Gasteiger partial charge is 0.160 e. The standard InChI is InChI=1S/C55H49N2P/c1-5-42-27-17-19-33-48(47-35-22-26-40-23-16-18-32-46(40)47)52-51-53(57-54(56-52)41-24-10-7-11-25-41)49-34-20-21-36-50(49)55(42,51)43(6-2)38-37-39(3)58(4,44-28-12-8-13-29-44)45-30-14-9-15-31-45/h7-32,34-38,48H,4-6,33H2,1-3H3/b19-17-,39-37+,42-27+,43-38+. The summed E-state index contributed by atoms with van der Waals surface area (Å²) in [7, 11) is 0. The molecule has 0 amide bonds. The molecule has 0 saturated carbocycles. The summed E-state index contributed by atoms with van der Waals surface area (Å²) in [6.45, 7) is 4.76. The Labute approximate surface area is 344 Å². The first-order valence-electron chi connectivity index (χ1n) is 20.6. The van der Waals surface area contributed by atoms with E-state index in [4.69, 9.17) is 16.3 Å². The van der Waals surface area contributed by atoms with Gasteiger partial charge in [-0.1, -0.05) is 219 Å². The number of fused-ring (bicyclic) bond motifs is 4. The zero-order chi connectivity index (χ0) is 39.7. The van der Waals surface area contributed by atoms with Gasteiger partial charge in [0.05, 0.1) is 16.8 Å². The Balaban J connectivity index is 1.37. The maximum absolute atomic E-state index is 5.75. The second-order valence-corrected chi connectivity index (χ2v) is 18.8. The Bertz CT molecular complexity index is 2760. The number of hydrogen-bond donors (Lipinski definition) is 0. The third-order valence-corrected chi connectivity index (χ3v) is 16.2. The van der Waals surface area contributed by atoms with Crippen LogP contribution in [-0.4, -0.2) is 16.3 Å². The van der Waals surface area contributed by atoms with Crippen LogP contribution >= 0.6 is 6.89 Å². The van der Waals surface area contributed by atoms with Crippen LogP contribution in [0.25, 0.3) is 33.4 Å². The van der Waals surface area contributed by atoms with Gasteiger partial charge in [0, 0.05) is 22.6 Å². The van der Waals surface area contributed by atoms with Crippen LogP contribution in [-0.2, 0) is 5.41 Å². The average molecular weight is 769 g/mol. The molecule has 7 aromatic rings. The summed E-state index contributed by atoms with van der Waals surface area (Å²) < 4.78 is 0. The van der Waals surface area contributed by atoms with E-state index >= 15 is 0 Å². The van der Waals surface area contributed by atoms with Crippen molar-refractivity contribution in [1.29, 1.82) is 0 Å². The van der Waals surface area contributed by atoms with Gasteiger partial charge >= 0.3 is 0 Å². The number of nitrogens with zero attached hydrogens (tertiary/aromatic N) is 2. The molecule has 2 unspecified atom stereocenters. The van der Waals surface area contributed by atoms with E-state index in [1.807, 2.05) is 0 Å². The van der Waals surface area contributed by atoms with E-state index in [2.05, 4.69) is 209 Å². The molecule has 0 saturated heterocycles. The highest BCUT2D eigenvalue weighted by Gasteiger charge is 2.51. The summed E-state index contributed by atoms with van der Waals surface area (Å²) in [5, 5.41) is 6.35. The number of benzene rings is 6. The van der Waals surface area contributed by atoms with E-state index in [0.29, 0.717) is 0 Å². The molecule has 0 N–H and O–H groups in total. The molecule has 2 atom stereocenters. The van der Waals surface area contributed by atoms with Crippen molar-refractivity contribution < 1.29 is 0 Å². The van der Waals surface area contributed by atoms with Gasteiger partial charge < -0.3 is 0 Å². The minimum atomic E-state index is -2.16. The highest BCUT2D eigenvalue weighted by atomic mass is 31.2. The zero-order valence-corrected chi connectivity index (χ0v) is 34.5. The molecule has 2 aliphatic rings. The molecule has 2 nitrogen and oxygen atoms in total. The predicted molar refractivity (Wildman–Crippen MR) is 250 cm³/mol. The second kappa shape index (κ2) is 15.7. The molecular weight excluding hydrogens is 720 g/mol. The Morgan fingerprint density at radius 1 is 0.724 bits per heavy atom. The fraction of sp³-hybridized carbons (Fsp3) is 0.145. The van der Waals surface area contributed by atoms with Crippen molar-refractivity contribution in [3.8, 4) is 22.6 Å². The van der Waals surface area contributed by atoms with Gasteiger partial charge in [0.2, 0.25) is 0 Å². The summed E-state index contributed by atoms with van der Waals surface area (Å²) in [4.78, 5) is 11.3. The first kappa shape index (κ1) is 37.5. The fourth-order valence-corrected chi connectivity index (χ4v) is 12.5. The van der Waals surface area contributed by atoms with Crippen molar-refractivity contribution in [2.75, 3.05) is 0 Å². The lowest BCUT2D eigenvalue weighted by molar-refractivity contribution is 0.645. The van der Waals surface area contributed by atoms with E-state index in [1.165, 1.54) is 60.1 Å². The quantitative estimate of drug-likeness (QED) is 0.108. The van der Waals surface area contributed by atoms with Gasteiger partial charge in [-0.2, -0.15) is 0 Å². The molecule has 0 fully saturated rings. The van der Waals surface area contributed by atoms with E-state index in [-0.39, 0.29) is 5.92 Å². The normalized spacial score (nSPS) is 19.3. The van der Waals surface area contributed by atoms with E-state index < -0.39 is 12.3 Å². The monoisotopic (exact) mass is 768 g/mol. The molecule has 6 aromatic carbocycles. The van der Waals surface area contributed by atoms with Gasteiger partial charge in [-0.3, -0.25) is 0 Å². The van der Waals surface area contributed by atoms with Crippen molar-refractivity contribution in [3.63, 3.8) is 0 Å². The van der Waals surface area contributed by atoms with Crippen molar-refractivity contribution in [1.82, 2.24) is 9.97 Å². The maximum atomic E-state index is 5.75. The number of aromatic nitrogens is 2. The van der Waals surface area contributed by atoms with Crippen LogP contribution in [0.3, 0.4) is 0 Å². The molecule has 3 heteroatoms. The molecular formula is C55H49N2P. The third kappa shape index (κ3) is 6.10. The Kier molecular flexibility index (Phi) is 10.1. The minimum Gasteiger partial charge on any atom is -0.232 e. The summed E-state index contributed by atoms with van der Waals surface area (Å²) in [5.74, 6) is 0.760. The minimum absolute atomic E-state index is 0.00943. The summed E-state index contributed by atoms with van der Waals surface area (Å²) >= 11 is 0. The maximum Gasteiger partial charge on any atom is 0.160 e. The molecule has 0 aliphatic heterocycles. The van der Waals surface area contributed by atoms with Crippen LogP contribution in [0.15, 0.2) is 205 Å². The topological polar surface area (TPSA) is 25.8 Å². The van der Waals surface area contributed by atoms with Crippen molar-refractivity contribution in [2.45, 2.75) is 51.4 Å². The molecule has 0 bridgehead atoms. The van der Waals surface area contributed by atoms with Gasteiger partial charge in [-0.05, 0) is 70.9 Å². The summed E-state index contributed by atoms with van der Waals surface area (Å²) in [5.41, 5.74) is 10.3. The van der Waals surface area contributed by atoms with Gasteiger partial charge in [0.1, 0.15) is 0 Å². The van der Waals surface area contributed by atoms with Crippen LogP contribution in [0.2, 0.25) is 0 Å². The highest BCUT2D eigenvalue weighted by Crippen LogP contribution is 2.60. The molecule has 1 aromatic heterocycles. The van der Waals surface area contributed by atoms with Crippen LogP contribution in [0.1, 0.15) is 68.3 Å². The summed E-state index contributed by atoms with van der Waals surface area (Å²) in [6, 6.07) is 56.9. The molecule has 0 spiro atoms. The number of hydrogen-bond acceptors (Lipinski definition) is 2. The summed E-state index contributed by atoms with van der Waals surface area (Å²) in [6.07, 6.45) is 19.5. The Hall–Kier alpha value is -6.08. The fourth-order valence-electron chi connectivity index (χ4n) is 9.66. The van der Waals surface area contributed by atoms with Gasteiger partial charge in [-0.15, -0.1) is 0 Å². The van der Waals surface area contributed by atoms with E-state index in [0.717, 1.165) is 42.0 Å². The number of rotatable bonds is 9. The largest absolute Gasteiger partial charge is 0.232 e. The third-order valence-electron chi connectivity index (χ3n) is 12.5. The van der Waals surface area contributed by atoms with Crippen LogP contribution in [0.5, 0.6) is 0 Å². The van der Waals surface area contributed by atoms with Crippen LogP contribution in [0, 0.1) is 0 Å². The zero-order valence-electron chi connectivity index (χ0n) is 33.6. The molecule has 1 heterocycles. The van der Waals surface area contributed by atoms with Gasteiger partial charge in [0.25, 0.3) is 0 Å². The SMILES string of the molecule is C=P(/C(C)=C/C=C(\CC)C12/C(CC)=C/C=C\CC(c3cccc4ccccc34)c3nc(-c4ccccc4)nc(c31)-c1ccccc12)(c1ccccc1)c1ccccc1. The second-order valence-electron chi connectivity index (χ2n) is 15.5. The predicted octanol–water partition coefficient (Wildman–Crippen LogP) is 13.3. The van der Waals surface area contributed by atoms with E-state index in [9.17, 15) is 0 Å². The molecule has 58 heavy (non-hydrogen) atoms. The Morgan fingerprint density at radius 3 is 2.07 bits per heavy atom. The Morgan fingerprint density at radius 2 is 1.36 bits per heavy atom. The number of allylic oxidation sites excluding steroid dienone is 8. The average Bonchev–Trinajstić information content (AvgIpc) is 3.61. The molecule has 284 valence electrons. The molecule has 0 radical (unpaired) electrons. The first-order valence-corrected chi connectivity index (χ1v) is 22.6. The van der Waals surface area contributed by atoms with Crippen molar-refractivity contribution in [2.24, 2.45) is 0 Å². The lowest BCUT2D eigenvalue weighted by Crippen LogP contribution is -2.33. The lowest BCUT2D eigenvalue weighted by Gasteiger charge is -2.39.